The van der Waals surface area contributed by atoms with Crippen molar-refractivity contribution in [2.45, 2.75) is 39.0 Å². The van der Waals surface area contributed by atoms with Crippen LogP contribution in [0.2, 0.25) is 14.4 Å². The van der Waals surface area contributed by atoms with Gasteiger partial charge < -0.3 is 10.2 Å². The lowest BCUT2D eigenvalue weighted by molar-refractivity contribution is -0.133. The number of carbonyl (C=O) groups is 2. The van der Waals surface area contributed by atoms with Crippen LogP contribution in [-0.2, 0) is 9.59 Å². The van der Waals surface area contributed by atoms with E-state index in [0.717, 1.165) is 30.6 Å². The normalized spacial score (nSPS) is 15.1. The van der Waals surface area contributed by atoms with Crippen LogP contribution in [0.15, 0.2) is 35.9 Å². The van der Waals surface area contributed by atoms with E-state index >= 15 is 0 Å². The van der Waals surface area contributed by atoms with E-state index in [0.29, 0.717) is 44.4 Å². The van der Waals surface area contributed by atoms with Gasteiger partial charge in [-0.3, -0.25) is 15.0 Å². The van der Waals surface area contributed by atoms with Crippen LogP contribution < -0.4 is 5.32 Å². The van der Waals surface area contributed by atoms with Crippen LogP contribution in [0.4, 0.5) is 5.69 Å². The van der Waals surface area contributed by atoms with Crippen LogP contribution in [0.5, 0.6) is 0 Å². The second-order valence-electron chi connectivity index (χ2n) is 7.62. The maximum absolute atomic E-state index is 12.8. The Balaban J connectivity index is 1.85. The van der Waals surface area contributed by atoms with Crippen molar-refractivity contribution in [3.63, 3.8) is 0 Å². The molecule has 0 saturated carbocycles. The molecule has 2 heterocycles. The smallest absolute Gasteiger partial charge is 0.230 e. The van der Waals surface area contributed by atoms with Gasteiger partial charge in [0.05, 0.1) is 32.0 Å². The van der Waals surface area contributed by atoms with E-state index in [9.17, 15) is 9.59 Å². The van der Waals surface area contributed by atoms with Crippen molar-refractivity contribution in [2.75, 3.05) is 18.4 Å². The first-order valence-corrected chi connectivity index (χ1v) is 12.3. The average Bonchev–Trinajstić information content (AvgIpc) is 3.00. The maximum Gasteiger partial charge on any atom is 0.230 e. The number of allylic oxidation sites excluding steroid dienone is 1. The minimum Gasteiger partial charge on any atom is -0.353 e. The van der Waals surface area contributed by atoms with Gasteiger partial charge in [-0.15, -0.1) is 11.3 Å². The van der Waals surface area contributed by atoms with Gasteiger partial charge in [-0.25, -0.2) is 0 Å². The predicted molar refractivity (Wildman–Crippen MR) is 134 cm³/mol. The molecule has 1 aromatic heterocycles. The lowest BCUT2D eigenvalue weighted by Crippen LogP contribution is -2.34. The number of anilines is 1. The minimum atomic E-state index is -0.513. The molecule has 9 heteroatoms. The summed E-state index contributed by atoms with van der Waals surface area (Å²) in [5.41, 5.74) is 1.30. The molecule has 1 fully saturated rings. The van der Waals surface area contributed by atoms with Crippen molar-refractivity contribution in [2.24, 2.45) is 0 Å². The Morgan fingerprint density at radius 3 is 2.34 bits per heavy atom. The van der Waals surface area contributed by atoms with Crippen molar-refractivity contribution >= 4 is 74.9 Å². The summed E-state index contributed by atoms with van der Waals surface area (Å²) in [6.45, 7) is 3.02. The molecule has 0 bridgehead atoms. The molecular weight excluding hydrogens is 489 g/mol. The van der Waals surface area contributed by atoms with Gasteiger partial charge in [-0.1, -0.05) is 47.6 Å². The third kappa shape index (κ3) is 6.35. The van der Waals surface area contributed by atoms with E-state index in [1.54, 1.807) is 36.1 Å². The van der Waals surface area contributed by atoms with Gasteiger partial charge in [-0.05, 0) is 50.1 Å². The number of likely N-dealkylation sites (tertiary alicyclic amines) is 1. The first-order valence-electron chi connectivity index (χ1n) is 10.3. The van der Waals surface area contributed by atoms with Gasteiger partial charge in [0.15, 0.2) is 5.78 Å². The average molecular weight is 513 g/mol. The number of nitrogens with one attached hydrogen (secondary N) is 2. The Morgan fingerprint density at radius 1 is 1.06 bits per heavy atom. The zero-order chi connectivity index (χ0) is 23.3. The molecule has 1 aliphatic heterocycles. The Labute approximate surface area is 206 Å². The Morgan fingerprint density at radius 2 is 1.75 bits per heavy atom. The van der Waals surface area contributed by atoms with Crippen LogP contribution in [0.3, 0.4) is 0 Å². The van der Waals surface area contributed by atoms with E-state index in [2.05, 4.69) is 5.32 Å². The molecule has 1 aromatic carbocycles. The molecule has 170 valence electrons. The van der Waals surface area contributed by atoms with Crippen molar-refractivity contribution in [1.82, 2.24) is 4.90 Å². The molecule has 32 heavy (non-hydrogen) atoms. The number of nitrogens with zero attached hydrogens (tertiary/aromatic N) is 1. The number of Topliss-reactive ketones (excluding diaryl/α,β-unsaturated/α-hetero) is 1. The monoisotopic (exact) mass is 511 g/mol. The third-order valence-electron chi connectivity index (χ3n) is 5.31. The second-order valence-corrected chi connectivity index (χ2v) is 10.2. The third-order valence-corrected chi connectivity index (χ3v) is 7.11. The summed E-state index contributed by atoms with van der Waals surface area (Å²) in [7, 11) is 0. The summed E-state index contributed by atoms with van der Waals surface area (Å²) in [4.78, 5) is 27.9. The maximum atomic E-state index is 12.8. The van der Waals surface area contributed by atoms with Crippen LogP contribution in [0.1, 0.15) is 43.9 Å². The molecule has 0 atom stereocenters. The summed E-state index contributed by atoms with van der Waals surface area (Å²) in [5.74, 6) is -0.732. The number of rotatable bonds is 7. The molecule has 0 radical (unpaired) electrons. The predicted octanol–water partition coefficient (Wildman–Crippen LogP) is 6.93. The van der Waals surface area contributed by atoms with Gasteiger partial charge in [0.2, 0.25) is 5.91 Å². The Hall–Kier alpha value is -1.86. The highest BCUT2D eigenvalue weighted by molar-refractivity contribution is 7.17. The van der Waals surface area contributed by atoms with Crippen LogP contribution >= 0.6 is 46.1 Å². The van der Waals surface area contributed by atoms with E-state index in [1.807, 2.05) is 6.07 Å². The number of ketones is 1. The molecule has 0 unspecified atom stereocenters. The highest BCUT2D eigenvalue weighted by Gasteiger charge is 2.24. The van der Waals surface area contributed by atoms with E-state index in [-0.39, 0.29) is 18.0 Å². The van der Waals surface area contributed by atoms with E-state index < -0.39 is 5.78 Å². The number of benzene rings is 1. The Bertz CT molecular complexity index is 1060. The molecule has 3 rings (SSSR count). The highest BCUT2D eigenvalue weighted by Crippen LogP contribution is 2.34. The van der Waals surface area contributed by atoms with Crippen LogP contribution in [0, 0.1) is 5.41 Å². The van der Waals surface area contributed by atoms with Crippen LogP contribution in [-0.4, -0.2) is 35.4 Å². The number of hydrogen-bond donors (Lipinski definition) is 2. The fraction of sp³-hybridized carbons (Fsp3) is 0.348. The number of amides is 1. The van der Waals surface area contributed by atoms with Crippen molar-refractivity contribution in [3.8, 4) is 0 Å². The summed E-state index contributed by atoms with van der Waals surface area (Å²) in [6, 6.07) is 8.58. The quantitative estimate of drug-likeness (QED) is 0.312. The zero-order valence-corrected chi connectivity index (χ0v) is 20.7. The van der Waals surface area contributed by atoms with Gasteiger partial charge >= 0.3 is 0 Å². The summed E-state index contributed by atoms with van der Waals surface area (Å²) >= 11 is 19.8. The van der Waals surface area contributed by atoms with Gasteiger partial charge in [-0.2, -0.15) is 0 Å². The van der Waals surface area contributed by atoms with Gasteiger partial charge in [0.25, 0.3) is 0 Å². The zero-order valence-electron chi connectivity index (χ0n) is 17.6. The standard InChI is InChI=1S/C23H24Cl3N3O2S/c1-14(22(27)18(30)13-21(31)29-10-4-2-3-5-11-29)23(19-8-9-20(26)32-19)28-17-7-6-15(24)12-16(17)25/h6-9,12,27-28H,2-5,10-11,13H2,1H3/b23-14-,27-22?. The lowest BCUT2D eigenvalue weighted by Gasteiger charge is -2.20. The van der Waals surface area contributed by atoms with Crippen molar-refractivity contribution in [1.29, 1.82) is 5.41 Å². The SMILES string of the molecule is C/C(C(=N)C(=O)CC(=O)N1CCCCCC1)=C(/Nc1ccc(Cl)cc1Cl)c1ccc(Cl)s1. The molecular formula is C23H24Cl3N3O2S. The van der Waals surface area contributed by atoms with E-state index in [1.165, 1.54) is 11.3 Å². The summed E-state index contributed by atoms with van der Waals surface area (Å²) in [6.07, 6.45) is 3.79. The number of halogens is 3. The van der Waals surface area contributed by atoms with Crippen LogP contribution in [0.25, 0.3) is 5.70 Å². The van der Waals surface area contributed by atoms with Gasteiger partial charge in [0, 0.05) is 23.7 Å². The summed E-state index contributed by atoms with van der Waals surface area (Å²) < 4.78 is 0.573. The van der Waals surface area contributed by atoms with E-state index in [4.69, 9.17) is 40.2 Å². The first-order chi connectivity index (χ1) is 15.3. The minimum absolute atomic E-state index is 0.217. The molecule has 0 aliphatic carbocycles. The summed E-state index contributed by atoms with van der Waals surface area (Å²) in [5, 5.41) is 12.6. The second kappa shape index (κ2) is 11.3. The molecule has 5 nitrogen and oxygen atoms in total. The molecule has 2 aromatic rings. The number of carbonyl (C=O) groups excluding carboxylic acids is 2. The molecule has 1 aliphatic rings. The topological polar surface area (TPSA) is 73.3 Å². The fourth-order valence-electron chi connectivity index (χ4n) is 3.51. The number of hydrogen-bond acceptors (Lipinski definition) is 5. The molecule has 2 N–H and O–H groups in total. The van der Waals surface area contributed by atoms with Gasteiger partial charge in [0.1, 0.15) is 5.71 Å². The lowest BCUT2D eigenvalue weighted by atomic mass is 10.0. The number of thiophene rings is 1. The highest BCUT2D eigenvalue weighted by atomic mass is 35.5. The fourth-order valence-corrected chi connectivity index (χ4v) is 5.06. The molecule has 1 amide bonds. The molecule has 0 spiro atoms. The largest absolute Gasteiger partial charge is 0.353 e. The van der Waals surface area contributed by atoms with Crippen molar-refractivity contribution < 1.29 is 9.59 Å². The Kier molecular flexibility index (Phi) is 8.77. The first kappa shape index (κ1) is 24.8. The molecule has 1 saturated heterocycles. The van der Waals surface area contributed by atoms with Crippen molar-refractivity contribution in [3.05, 3.63) is 55.2 Å².